The highest BCUT2D eigenvalue weighted by atomic mass is 32.2. The molecule has 0 amide bonds. The van der Waals surface area contributed by atoms with Gasteiger partial charge >= 0.3 is 0 Å². The maximum atomic E-state index is 12.3. The number of aromatic nitrogens is 2. The second-order valence-corrected chi connectivity index (χ2v) is 7.55. The molecule has 0 aliphatic heterocycles. The topological polar surface area (TPSA) is 95.1 Å². The highest BCUT2D eigenvalue weighted by molar-refractivity contribution is 7.89. The van der Waals surface area contributed by atoms with Gasteiger partial charge in [-0.25, -0.2) is 13.1 Å². The fourth-order valence-electron chi connectivity index (χ4n) is 2.22. The summed E-state index contributed by atoms with van der Waals surface area (Å²) >= 11 is 0. The van der Waals surface area contributed by atoms with Crippen LogP contribution < -0.4 is 4.72 Å². The van der Waals surface area contributed by atoms with Crippen molar-refractivity contribution < 1.29 is 13.5 Å². The van der Waals surface area contributed by atoms with Crippen molar-refractivity contribution in [3.8, 4) is 0 Å². The van der Waals surface area contributed by atoms with Gasteiger partial charge in [-0.2, -0.15) is 5.10 Å². The van der Waals surface area contributed by atoms with Crippen LogP contribution in [0.5, 0.6) is 0 Å². The second-order valence-electron chi connectivity index (χ2n) is 5.84. The summed E-state index contributed by atoms with van der Waals surface area (Å²) in [7, 11) is -3.61. The normalized spacial score (nSPS) is 12.6. The number of H-pyrrole nitrogens is 1. The van der Waals surface area contributed by atoms with Crippen LogP contribution in [0.15, 0.2) is 29.2 Å². The molecule has 2 aromatic rings. The Bertz CT molecular complexity index is 737. The van der Waals surface area contributed by atoms with Crippen molar-refractivity contribution in [1.82, 2.24) is 14.9 Å². The quantitative estimate of drug-likeness (QED) is 0.781. The summed E-state index contributed by atoms with van der Waals surface area (Å²) in [4.78, 5) is 0.195. The monoisotopic (exact) mass is 323 g/mol. The SMILES string of the molecule is Cc1n[nH]c(C)c1S(=O)(=O)NCc1ccc(C(C)(C)O)cc1. The summed E-state index contributed by atoms with van der Waals surface area (Å²) in [5.41, 5.74) is 1.64. The summed E-state index contributed by atoms with van der Waals surface area (Å²) in [5, 5.41) is 16.5. The predicted molar refractivity (Wildman–Crippen MR) is 83.8 cm³/mol. The highest BCUT2D eigenvalue weighted by Crippen LogP contribution is 2.20. The first-order chi connectivity index (χ1) is 10.1. The van der Waals surface area contributed by atoms with Crippen LogP contribution in [0.1, 0.15) is 36.4 Å². The number of nitrogens with one attached hydrogen (secondary N) is 2. The van der Waals surface area contributed by atoms with E-state index in [0.29, 0.717) is 11.4 Å². The Labute approximate surface area is 130 Å². The van der Waals surface area contributed by atoms with E-state index >= 15 is 0 Å². The van der Waals surface area contributed by atoms with Crippen LogP contribution in [0, 0.1) is 13.8 Å². The standard InChI is InChI=1S/C15H21N3O3S/c1-10-14(11(2)18-17-10)22(20,21)16-9-12-5-7-13(8-6-12)15(3,4)19/h5-8,16,19H,9H2,1-4H3,(H,17,18). The predicted octanol–water partition coefficient (Wildman–Crippen LogP) is 1.73. The number of rotatable bonds is 5. The average molecular weight is 323 g/mol. The zero-order valence-corrected chi connectivity index (χ0v) is 14.0. The van der Waals surface area contributed by atoms with Crippen molar-refractivity contribution in [2.24, 2.45) is 0 Å². The summed E-state index contributed by atoms with van der Waals surface area (Å²) in [6.07, 6.45) is 0. The van der Waals surface area contributed by atoms with E-state index in [1.165, 1.54) is 0 Å². The lowest BCUT2D eigenvalue weighted by Gasteiger charge is -2.18. The lowest BCUT2D eigenvalue weighted by molar-refractivity contribution is 0.0786. The first-order valence-electron chi connectivity index (χ1n) is 6.94. The van der Waals surface area contributed by atoms with Gasteiger partial charge < -0.3 is 5.11 Å². The molecule has 6 nitrogen and oxygen atoms in total. The largest absolute Gasteiger partial charge is 0.386 e. The van der Waals surface area contributed by atoms with Crippen LogP contribution in [0.4, 0.5) is 0 Å². The van der Waals surface area contributed by atoms with E-state index in [9.17, 15) is 13.5 Å². The summed E-state index contributed by atoms with van der Waals surface area (Å²) in [6, 6.07) is 7.17. The Kier molecular flexibility index (Phi) is 4.42. The van der Waals surface area contributed by atoms with Crippen molar-refractivity contribution in [3.05, 3.63) is 46.8 Å². The molecule has 0 radical (unpaired) electrons. The Morgan fingerprint density at radius 1 is 1.23 bits per heavy atom. The minimum atomic E-state index is -3.61. The molecular weight excluding hydrogens is 302 g/mol. The van der Waals surface area contributed by atoms with Crippen molar-refractivity contribution in [1.29, 1.82) is 0 Å². The Morgan fingerprint density at radius 3 is 2.27 bits per heavy atom. The summed E-state index contributed by atoms with van der Waals surface area (Å²) in [5.74, 6) is 0. The van der Waals surface area contributed by atoms with Gasteiger partial charge in [0.15, 0.2) is 0 Å². The van der Waals surface area contributed by atoms with E-state index in [1.807, 2.05) is 0 Å². The Morgan fingerprint density at radius 2 is 1.82 bits per heavy atom. The molecule has 0 bridgehead atoms. The first kappa shape index (κ1) is 16.7. The van der Waals surface area contributed by atoms with Gasteiger partial charge in [-0.1, -0.05) is 24.3 Å². The van der Waals surface area contributed by atoms with Gasteiger partial charge in [0, 0.05) is 6.54 Å². The zero-order valence-electron chi connectivity index (χ0n) is 13.1. The number of nitrogens with zero attached hydrogens (tertiary/aromatic N) is 1. The van der Waals surface area contributed by atoms with Crippen LogP contribution in [-0.4, -0.2) is 23.7 Å². The molecule has 22 heavy (non-hydrogen) atoms. The summed E-state index contributed by atoms with van der Waals surface area (Å²) < 4.78 is 27.2. The van der Waals surface area contributed by atoms with Gasteiger partial charge in [-0.05, 0) is 38.8 Å². The Balaban J connectivity index is 2.13. The maximum Gasteiger partial charge on any atom is 0.244 e. The third-order valence-electron chi connectivity index (χ3n) is 3.46. The third kappa shape index (κ3) is 3.55. The number of sulfonamides is 1. The van der Waals surface area contributed by atoms with Gasteiger partial charge in [0.25, 0.3) is 0 Å². The molecular formula is C15H21N3O3S. The number of benzene rings is 1. The van der Waals surface area contributed by atoms with Gasteiger partial charge in [-0.3, -0.25) is 5.10 Å². The van der Waals surface area contributed by atoms with Crippen LogP contribution in [0.25, 0.3) is 0 Å². The maximum absolute atomic E-state index is 12.3. The van der Waals surface area contributed by atoms with Gasteiger partial charge in [0.1, 0.15) is 4.90 Å². The van der Waals surface area contributed by atoms with Crippen LogP contribution in [0.3, 0.4) is 0 Å². The summed E-state index contributed by atoms with van der Waals surface area (Å²) in [6.45, 7) is 6.91. The fourth-order valence-corrected chi connectivity index (χ4v) is 3.60. The molecule has 0 aliphatic carbocycles. The lowest BCUT2D eigenvalue weighted by Crippen LogP contribution is -2.24. The molecule has 0 fully saturated rings. The van der Waals surface area contributed by atoms with Crippen molar-refractivity contribution >= 4 is 10.0 Å². The number of hydrogen-bond donors (Lipinski definition) is 3. The van der Waals surface area contributed by atoms with Gasteiger partial charge in [-0.15, -0.1) is 0 Å². The molecule has 120 valence electrons. The molecule has 0 atom stereocenters. The van der Waals surface area contributed by atoms with E-state index < -0.39 is 15.6 Å². The Hall–Kier alpha value is -1.70. The molecule has 3 N–H and O–H groups in total. The minimum absolute atomic E-state index is 0.179. The van der Waals surface area contributed by atoms with E-state index in [0.717, 1.165) is 11.1 Å². The smallest absolute Gasteiger partial charge is 0.244 e. The van der Waals surface area contributed by atoms with Crippen LogP contribution in [-0.2, 0) is 22.2 Å². The van der Waals surface area contributed by atoms with E-state index in [1.54, 1.807) is 52.0 Å². The van der Waals surface area contributed by atoms with Gasteiger partial charge in [0.2, 0.25) is 10.0 Å². The van der Waals surface area contributed by atoms with E-state index in [2.05, 4.69) is 14.9 Å². The zero-order chi connectivity index (χ0) is 16.5. The van der Waals surface area contributed by atoms with Crippen molar-refractivity contribution in [3.63, 3.8) is 0 Å². The van der Waals surface area contributed by atoms with Gasteiger partial charge in [0.05, 0.1) is 17.0 Å². The molecule has 0 saturated heterocycles. The molecule has 0 spiro atoms. The van der Waals surface area contributed by atoms with E-state index in [4.69, 9.17) is 0 Å². The fraction of sp³-hybridized carbons (Fsp3) is 0.400. The molecule has 0 aliphatic rings. The number of aliphatic hydroxyl groups is 1. The van der Waals surface area contributed by atoms with E-state index in [-0.39, 0.29) is 11.4 Å². The molecule has 0 unspecified atom stereocenters. The third-order valence-corrected chi connectivity index (χ3v) is 5.12. The lowest BCUT2D eigenvalue weighted by atomic mass is 9.97. The molecule has 7 heteroatoms. The number of aromatic amines is 1. The highest BCUT2D eigenvalue weighted by Gasteiger charge is 2.22. The molecule has 1 aromatic carbocycles. The van der Waals surface area contributed by atoms with Crippen molar-refractivity contribution in [2.45, 2.75) is 44.7 Å². The molecule has 1 aromatic heterocycles. The minimum Gasteiger partial charge on any atom is -0.386 e. The number of aryl methyl sites for hydroxylation is 2. The van der Waals surface area contributed by atoms with Crippen molar-refractivity contribution in [2.75, 3.05) is 0 Å². The first-order valence-corrected chi connectivity index (χ1v) is 8.42. The molecule has 0 saturated carbocycles. The molecule has 2 rings (SSSR count). The number of hydrogen-bond acceptors (Lipinski definition) is 4. The average Bonchev–Trinajstić information content (AvgIpc) is 2.76. The van der Waals surface area contributed by atoms with Crippen LogP contribution >= 0.6 is 0 Å². The van der Waals surface area contributed by atoms with Crippen LogP contribution in [0.2, 0.25) is 0 Å². The molecule has 1 heterocycles. The second kappa shape index (κ2) is 5.83.